The van der Waals surface area contributed by atoms with Gasteiger partial charge in [0.15, 0.2) is 6.29 Å². The first-order valence-corrected chi connectivity index (χ1v) is 10.6. The number of nitrogen functional groups attached to an aromatic ring is 1. The van der Waals surface area contributed by atoms with Crippen LogP contribution in [0.2, 0.25) is 0 Å². The lowest BCUT2D eigenvalue weighted by molar-refractivity contribution is -0.272. The number of aliphatic hydroxyl groups is 3. The molecule has 0 aliphatic carbocycles. The van der Waals surface area contributed by atoms with Crippen molar-refractivity contribution in [3.8, 4) is 0 Å². The topological polar surface area (TPSA) is 182 Å². The SMILES string of the molecule is CC(=O)NC1C(O)[C@@H](O)C(CO)O[C@H]1OCCOCCOCCNC(=O)c1ccc(N)cc1. The summed E-state index contributed by atoms with van der Waals surface area (Å²) in [6.07, 6.45) is -4.82. The molecule has 1 heterocycles. The van der Waals surface area contributed by atoms with Crippen molar-refractivity contribution >= 4 is 17.5 Å². The maximum Gasteiger partial charge on any atom is 0.251 e. The quantitative estimate of drug-likeness (QED) is 0.139. The lowest BCUT2D eigenvalue weighted by Crippen LogP contribution is -2.64. The molecule has 3 unspecified atom stereocenters. The molecule has 1 aliphatic heterocycles. The first-order chi connectivity index (χ1) is 15.8. The molecule has 0 bridgehead atoms. The molecule has 0 spiro atoms. The minimum absolute atomic E-state index is 0.0827. The number of rotatable bonds is 13. The molecule has 5 atom stereocenters. The minimum Gasteiger partial charge on any atom is -0.399 e. The normalized spacial score (nSPS) is 24.9. The number of hydrogen-bond acceptors (Lipinski definition) is 10. The average Bonchev–Trinajstić information content (AvgIpc) is 2.79. The lowest BCUT2D eigenvalue weighted by Gasteiger charge is -2.42. The summed E-state index contributed by atoms with van der Waals surface area (Å²) in [4.78, 5) is 23.3. The fourth-order valence-corrected chi connectivity index (χ4v) is 3.13. The number of aliphatic hydroxyl groups excluding tert-OH is 3. The number of benzene rings is 1. The third-order valence-corrected chi connectivity index (χ3v) is 4.84. The fraction of sp³-hybridized carbons (Fsp3) is 0.619. The summed E-state index contributed by atoms with van der Waals surface area (Å²) in [6, 6.07) is 5.61. The van der Waals surface area contributed by atoms with Crippen molar-refractivity contribution in [3.05, 3.63) is 29.8 Å². The first kappa shape index (κ1) is 26.9. The second-order valence-electron chi connectivity index (χ2n) is 7.41. The molecule has 1 fully saturated rings. The van der Waals surface area contributed by atoms with E-state index in [0.717, 1.165) is 0 Å². The van der Waals surface area contributed by atoms with Gasteiger partial charge in [-0.2, -0.15) is 0 Å². The highest BCUT2D eigenvalue weighted by atomic mass is 16.7. The highest BCUT2D eigenvalue weighted by Crippen LogP contribution is 2.22. The van der Waals surface area contributed by atoms with E-state index in [9.17, 15) is 24.9 Å². The maximum absolute atomic E-state index is 11.9. The van der Waals surface area contributed by atoms with Crippen molar-refractivity contribution in [2.45, 2.75) is 37.6 Å². The van der Waals surface area contributed by atoms with Crippen LogP contribution in [0.1, 0.15) is 17.3 Å². The molecule has 12 heteroatoms. The zero-order chi connectivity index (χ0) is 24.2. The van der Waals surface area contributed by atoms with Crippen LogP contribution in [0.5, 0.6) is 0 Å². The van der Waals surface area contributed by atoms with Gasteiger partial charge in [0.25, 0.3) is 5.91 Å². The number of nitrogens with one attached hydrogen (secondary N) is 2. The molecule has 1 saturated heterocycles. The number of ether oxygens (including phenoxy) is 4. The molecular weight excluding hydrogens is 438 g/mol. The molecule has 1 aromatic carbocycles. The van der Waals surface area contributed by atoms with Gasteiger partial charge in [-0.25, -0.2) is 0 Å². The summed E-state index contributed by atoms with van der Waals surface area (Å²) in [6.45, 7) is 2.28. The molecule has 2 rings (SSSR count). The smallest absolute Gasteiger partial charge is 0.251 e. The molecule has 1 aromatic rings. The van der Waals surface area contributed by atoms with Crippen molar-refractivity contribution in [3.63, 3.8) is 0 Å². The molecule has 0 aromatic heterocycles. The maximum atomic E-state index is 11.9. The Kier molecular flexibility index (Phi) is 11.5. The fourth-order valence-electron chi connectivity index (χ4n) is 3.13. The highest BCUT2D eigenvalue weighted by molar-refractivity contribution is 5.94. The van der Waals surface area contributed by atoms with Crippen LogP contribution in [0.4, 0.5) is 5.69 Å². The van der Waals surface area contributed by atoms with E-state index in [2.05, 4.69) is 10.6 Å². The standard InChI is InChI=1S/C21H33N3O9/c1-13(26)24-17-19(28)18(27)16(12-25)33-21(17)32-11-10-31-9-8-30-7-6-23-20(29)14-2-4-15(22)5-3-14/h2-5,16-19,21,25,27-28H,6-12,22H2,1H3,(H,23,29)(H,24,26)/t16?,17?,18-,19?,21+/m0/s1. The van der Waals surface area contributed by atoms with E-state index in [0.29, 0.717) is 31.0 Å². The van der Waals surface area contributed by atoms with E-state index in [1.165, 1.54) is 6.92 Å². The predicted molar refractivity (Wildman–Crippen MR) is 116 cm³/mol. The monoisotopic (exact) mass is 471 g/mol. The van der Waals surface area contributed by atoms with Crippen LogP contribution in [0.15, 0.2) is 24.3 Å². The van der Waals surface area contributed by atoms with E-state index in [4.69, 9.17) is 24.7 Å². The molecule has 1 aliphatic rings. The van der Waals surface area contributed by atoms with Crippen molar-refractivity contribution in [2.24, 2.45) is 0 Å². The Morgan fingerprint density at radius 2 is 1.67 bits per heavy atom. The average molecular weight is 472 g/mol. The van der Waals surface area contributed by atoms with Crippen LogP contribution in [0.25, 0.3) is 0 Å². The molecule has 0 radical (unpaired) electrons. The van der Waals surface area contributed by atoms with E-state index in [1.54, 1.807) is 24.3 Å². The zero-order valence-corrected chi connectivity index (χ0v) is 18.5. The highest BCUT2D eigenvalue weighted by Gasteiger charge is 2.45. The molecule has 33 heavy (non-hydrogen) atoms. The molecular formula is C21H33N3O9. The van der Waals surface area contributed by atoms with Gasteiger partial charge in [-0.3, -0.25) is 9.59 Å². The summed E-state index contributed by atoms with van der Waals surface area (Å²) in [5, 5.41) is 34.7. The van der Waals surface area contributed by atoms with Crippen molar-refractivity contribution < 1.29 is 43.9 Å². The van der Waals surface area contributed by atoms with Crippen LogP contribution in [-0.2, 0) is 23.7 Å². The van der Waals surface area contributed by atoms with Crippen LogP contribution in [-0.4, -0.2) is 104 Å². The lowest BCUT2D eigenvalue weighted by atomic mass is 9.97. The summed E-state index contributed by atoms with van der Waals surface area (Å²) >= 11 is 0. The Balaban J connectivity index is 1.56. The van der Waals surface area contributed by atoms with Crippen molar-refractivity contribution in [2.75, 3.05) is 51.9 Å². The Morgan fingerprint density at radius 1 is 1.03 bits per heavy atom. The molecule has 186 valence electrons. The Labute approximate surface area is 191 Å². The van der Waals surface area contributed by atoms with Gasteiger partial charge in [-0.05, 0) is 24.3 Å². The number of carbonyl (C=O) groups excluding carboxylic acids is 2. The largest absolute Gasteiger partial charge is 0.399 e. The number of amides is 2. The number of anilines is 1. The van der Waals surface area contributed by atoms with Gasteiger partial charge in [-0.1, -0.05) is 0 Å². The second kappa shape index (κ2) is 14.1. The van der Waals surface area contributed by atoms with E-state index < -0.39 is 43.2 Å². The van der Waals surface area contributed by atoms with Gasteiger partial charge in [0, 0.05) is 24.7 Å². The van der Waals surface area contributed by atoms with Crippen LogP contribution in [0.3, 0.4) is 0 Å². The third kappa shape index (κ3) is 8.85. The van der Waals surface area contributed by atoms with E-state index in [1.807, 2.05) is 0 Å². The molecule has 0 saturated carbocycles. The first-order valence-electron chi connectivity index (χ1n) is 10.6. The van der Waals surface area contributed by atoms with E-state index >= 15 is 0 Å². The summed E-state index contributed by atoms with van der Waals surface area (Å²) < 4.78 is 21.8. The molecule has 7 N–H and O–H groups in total. The number of nitrogens with two attached hydrogens (primary N) is 1. The van der Waals surface area contributed by atoms with Gasteiger partial charge >= 0.3 is 0 Å². The summed E-state index contributed by atoms with van der Waals surface area (Å²) in [7, 11) is 0. The van der Waals surface area contributed by atoms with Crippen molar-refractivity contribution in [1.82, 2.24) is 10.6 Å². The third-order valence-electron chi connectivity index (χ3n) is 4.84. The van der Waals surface area contributed by atoms with Crippen LogP contribution < -0.4 is 16.4 Å². The molecule has 12 nitrogen and oxygen atoms in total. The summed E-state index contributed by atoms with van der Waals surface area (Å²) in [5.74, 6) is -0.639. The van der Waals surface area contributed by atoms with Gasteiger partial charge in [0.1, 0.15) is 24.4 Å². The number of carbonyl (C=O) groups is 2. The Morgan fingerprint density at radius 3 is 2.30 bits per heavy atom. The van der Waals surface area contributed by atoms with Crippen LogP contribution in [0, 0.1) is 0 Å². The Hall–Kier alpha value is -2.32. The van der Waals surface area contributed by atoms with Gasteiger partial charge < -0.3 is 50.6 Å². The van der Waals surface area contributed by atoms with Crippen LogP contribution >= 0.6 is 0 Å². The van der Waals surface area contributed by atoms with Gasteiger partial charge in [0.2, 0.25) is 5.91 Å². The minimum atomic E-state index is -1.36. The molecule has 2 amide bonds. The number of hydrogen-bond donors (Lipinski definition) is 6. The summed E-state index contributed by atoms with van der Waals surface area (Å²) in [5.41, 5.74) is 6.69. The predicted octanol–water partition coefficient (Wildman–Crippen LogP) is -2.01. The van der Waals surface area contributed by atoms with Gasteiger partial charge in [0.05, 0.1) is 39.6 Å². The van der Waals surface area contributed by atoms with Gasteiger partial charge in [-0.15, -0.1) is 0 Å². The zero-order valence-electron chi connectivity index (χ0n) is 18.5. The Bertz CT molecular complexity index is 734. The van der Waals surface area contributed by atoms with E-state index in [-0.39, 0.29) is 25.7 Å². The second-order valence-corrected chi connectivity index (χ2v) is 7.41. The van der Waals surface area contributed by atoms with Crippen molar-refractivity contribution in [1.29, 1.82) is 0 Å².